The van der Waals surface area contributed by atoms with Gasteiger partial charge in [0, 0.05) is 11.9 Å². The Kier molecular flexibility index (Phi) is 4.56. The molecule has 1 N–H and O–H groups in total. The smallest absolute Gasteiger partial charge is 0.318 e. The van der Waals surface area contributed by atoms with E-state index in [0.717, 1.165) is 22.5 Å². The normalized spacial score (nSPS) is 15.1. The third kappa shape index (κ3) is 3.14. The van der Waals surface area contributed by atoms with Crippen molar-refractivity contribution in [2.24, 2.45) is 0 Å². The monoisotopic (exact) mass is 397 g/mol. The molecule has 0 fully saturated rings. The fourth-order valence-corrected chi connectivity index (χ4v) is 4.08. The third-order valence-electron chi connectivity index (χ3n) is 5.46. The van der Waals surface area contributed by atoms with Crippen LogP contribution in [0, 0.1) is 5.82 Å². The van der Waals surface area contributed by atoms with Gasteiger partial charge in [-0.15, -0.1) is 0 Å². The van der Waals surface area contributed by atoms with Crippen molar-refractivity contribution in [2.45, 2.75) is 12.6 Å². The van der Waals surface area contributed by atoms with Gasteiger partial charge in [0.2, 0.25) is 0 Å². The number of urea groups is 1. The summed E-state index contributed by atoms with van der Waals surface area (Å²) in [6, 6.07) is 27.5. The Morgan fingerprint density at radius 2 is 1.60 bits per heavy atom. The number of carbonyl (C=O) groups is 1. The molecule has 4 nitrogen and oxygen atoms in total. The Bertz CT molecular complexity index is 1200. The number of rotatable bonds is 2. The molecular weight excluding hydrogens is 377 g/mol. The SMILES string of the molecule is O=C(Nc1ccccc1F)N1Cc2ccccc2-n2cccc2[C@@H]1c1ccccc1. The van der Waals surface area contributed by atoms with E-state index in [4.69, 9.17) is 0 Å². The number of fused-ring (bicyclic) bond motifs is 3. The zero-order valence-corrected chi connectivity index (χ0v) is 16.2. The van der Waals surface area contributed by atoms with Crippen molar-refractivity contribution in [1.29, 1.82) is 0 Å². The zero-order chi connectivity index (χ0) is 20.5. The highest BCUT2D eigenvalue weighted by atomic mass is 19.1. The van der Waals surface area contributed by atoms with Gasteiger partial charge in [0.25, 0.3) is 0 Å². The lowest BCUT2D eigenvalue weighted by molar-refractivity contribution is 0.194. The molecule has 0 bridgehead atoms. The summed E-state index contributed by atoms with van der Waals surface area (Å²) < 4.78 is 16.3. The first-order valence-electron chi connectivity index (χ1n) is 9.85. The van der Waals surface area contributed by atoms with E-state index in [1.807, 2.05) is 66.9 Å². The van der Waals surface area contributed by atoms with Gasteiger partial charge in [-0.2, -0.15) is 0 Å². The highest BCUT2D eigenvalue weighted by molar-refractivity contribution is 5.90. The van der Waals surface area contributed by atoms with Crippen LogP contribution in [0.15, 0.2) is 97.2 Å². The number of hydrogen-bond donors (Lipinski definition) is 1. The van der Waals surface area contributed by atoms with Crippen molar-refractivity contribution in [1.82, 2.24) is 9.47 Å². The van der Waals surface area contributed by atoms with E-state index in [1.54, 1.807) is 23.1 Å². The van der Waals surface area contributed by atoms with Crippen LogP contribution < -0.4 is 5.32 Å². The van der Waals surface area contributed by atoms with Gasteiger partial charge < -0.3 is 14.8 Å². The highest BCUT2D eigenvalue weighted by Gasteiger charge is 2.33. The minimum atomic E-state index is -0.458. The fraction of sp³-hybridized carbons (Fsp3) is 0.0800. The van der Waals surface area contributed by atoms with Crippen molar-refractivity contribution < 1.29 is 9.18 Å². The van der Waals surface area contributed by atoms with E-state index >= 15 is 0 Å². The molecule has 0 aliphatic carbocycles. The number of carbonyl (C=O) groups excluding carboxylic acids is 1. The molecule has 0 spiro atoms. The van der Waals surface area contributed by atoms with Crippen LogP contribution >= 0.6 is 0 Å². The van der Waals surface area contributed by atoms with Crippen LogP contribution in [-0.4, -0.2) is 15.5 Å². The van der Waals surface area contributed by atoms with E-state index in [9.17, 15) is 9.18 Å². The Hall–Kier alpha value is -3.86. The summed E-state index contributed by atoms with van der Waals surface area (Å²) in [4.78, 5) is 15.2. The maximum absolute atomic E-state index is 14.2. The second-order valence-corrected chi connectivity index (χ2v) is 7.28. The molecule has 3 aromatic carbocycles. The molecule has 148 valence electrons. The van der Waals surface area contributed by atoms with Crippen LogP contribution in [0.3, 0.4) is 0 Å². The highest BCUT2D eigenvalue weighted by Crippen LogP contribution is 2.36. The molecule has 0 saturated carbocycles. The van der Waals surface area contributed by atoms with E-state index in [1.165, 1.54) is 6.07 Å². The Balaban J connectivity index is 1.64. The number of amides is 2. The largest absolute Gasteiger partial charge is 0.323 e. The van der Waals surface area contributed by atoms with Gasteiger partial charge in [0.05, 0.1) is 24.0 Å². The zero-order valence-electron chi connectivity index (χ0n) is 16.2. The van der Waals surface area contributed by atoms with Crippen molar-refractivity contribution in [3.8, 4) is 5.69 Å². The molecular formula is C25H20FN3O. The number of hydrogen-bond acceptors (Lipinski definition) is 1. The van der Waals surface area contributed by atoms with Crippen molar-refractivity contribution in [3.63, 3.8) is 0 Å². The van der Waals surface area contributed by atoms with Crippen LogP contribution in [0.2, 0.25) is 0 Å². The van der Waals surface area contributed by atoms with Crippen LogP contribution in [0.1, 0.15) is 22.9 Å². The maximum Gasteiger partial charge on any atom is 0.323 e. The fourth-order valence-electron chi connectivity index (χ4n) is 4.08. The number of nitrogens with one attached hydrogen (secondary N) is 1. The van der Waals surface area contributed by atoms with Gasteiger partial charge >= 0.3 is 6.03 Å². The predicted octanol–water partition coefficient (Wildman–Crippen LogP) is 5.75. The van der Waals surface area contributed by atoms with Crippen LogP contribution in [0.4, 0.5) is 14.9 Å². The Morgan fingerprint density at radius 3 is 2.43 bits per heavy atom. The van der Waals surface area contributed by atoms with E-state index in [0.29, 0.717) is 6.54 Å². The first kappa shape index (κ1) is 18.2. The third-order valence-corrected chi connectivity index (χ3v) is 5.46. The summed E-state index contributed by atoms with van der Waals surface area (Å²) in [6.45, 7) is 0.400. The van der Waals surface area contributed by atoms with Crippen molar-refractivity contribution >= 4 is 11.7 Å². The lowest BCUT2D eigenvalue weighted by Crippen LogP contribution is -2.38. The van der Waals surface area contributed by atoms with Gasteiger partial charge in [-0.3, -0.25) is 0 Å². The molecule has 1 aliphatic rings. The minimum Gasteiger partial charge on any atom is -0.318 e. The lowest BCUT2D eigenvalue weighted by atomic mass is 10.0. The first-order valence-corrected chi connectivity index (χ1v) is 9.85. The molecule has 1 aromatic heterocycles. The predicted molar refractivity (Wildman–Crippen MR) is 115 cm³/mol. The first-order chi connectivity index (χ1) is 14.7. The summed E-state index contributed by atoms with van der Waals surface area (Å²) in [5.41, 5.74) is 4.21. The van der Waals surface area contributed by atoms with Crippen LogP contribution in [0.5, 0.6) is 0 Å². The molecule has 5 heteroatoms. The second-order valence-electron chi connectivity index (χ2n) is 7.28. The van der Waals surface area contributed by atoms with Gasteiger partial charge in [-0.25, -0.2) is 9.18 Å². The quantitative estimate of drug-likeness (QED) is 0.459. The molecule has 4 aromatic rings. The summed E-state index contributed by atoms with van der Waals surface area (Å²) in [5, 5.41) is 2.76. The number of halogens is 1. The topological polar surface area (TPSA) is 37.3 Å². The number of aromatic nitrogens is 1. The lowest BCUT2D eigenvalue weighted by Gasteiger charge is -2.31. The molecule has 0 radical (unpaired) electrons. The van der Waals surface area contributed by atoms with Crippen LogP contribution in [-0.2, 0) is 6.54 Å². The maximum atomic E-state index is 14.2. The summed E-state index contributed by atoms with van der Waals surface area (Å²) >= 11 is 0. The molecule has 5 rings (SSSR count). The van der Waals surface area contributed by atoms with Gasteiger partial charge in [-0.1, -0.05) is 60.7 Å². The van der Waals surface area contributed by atoms with Crippen molar-refractivity contribution in [3.05, 3.63) is 120 Å². The Labute approximate surface area is 174 Å². The van der Waals surface area contributed by atoms with E-state index in [-0.39, 0.29) is 17.8 Å². The molecule has 2 heterocycles. The van der Waals surface area contributed by atoms with Crippen molar-refractivity contribution in [2.75, 3.05) is 5.32 Å². The summed E-state index contributed by atoms with van der Waals surface area (Å²) in [6.07, 6.45) is 2.02. The number of anilines is 1. The summed E-state index contributed by atoms with van der Waals surface area (Å²) in [7, 11) is 0. The summed E-state index contributed by atoms with van der Waals surface area (Å²) in [5.74, 6) is -0.458. The Morgan fingerprint density at radius 1 is 0.867 bits per heavy atom. The van der Waals surface area contributed by atoms with Gasteiger partial charge in [0.15, 0.2) is 0 Å². The van der Waals surface area contributed by atoms with Gasteiger partial charge in [-0.05, 0) is 41.5 Å². The van der Waals surface area contributed by atoms with Crippen LogP contribution in [0.25, 0.3) is 5.69 Å². The van der Waals surface area contributed by atoms with E-state index in [2.05, 4.69) is 16.0 Å². The molecule has 0 unspecified atom stereocenters. The standard InChI is InChI=1S/C25H20FN3O/c26-20-12-5-6-13-21(20)27-25(30)29-17-19-11-4-7-14-22(19)28-16-8-15-23(28)24(29)18-9-2-1-3-10-18/h1-16,24H,17H2,(H,27,30)/t24-/m0/s1. The average molecular weight is 397 g/mol. The molecule has 1 atom stereocenters. The number of nitrogens with zero attached hydrogens (tertiary/aromatic N) is 2. The molecule has 2 amide bonds. The number of benzene rings is 3. The molecule has 0 saturated heterocycles. The molecule has 30 heavy (non-hydrogen) atoms. The average Bonchev–Trinajstić information content (AvgIpc) is 3.20. The second kappa shape index (κ2) is 7.52. The van der Waals surface area contributed by atoms with Gasteiger partial charge in [0.1, 0.15) is 5.82 Å². The molecule has 1 aliphatic heterocycles. The van der Waals surface area contributed by atoms with E-state index < -0.39 is 5.82 Å². The minimum absolute atomic E-state index is 0.169. The number of para-hydroxylation sites is 2.